The van der Waals surface area contributed by atoms with Crippen LogP contribution in [0.15, 0.2) is 23.1 Å². The fourth-order valence-corrected chi connectivity index (χ4v) is 3.03. The molecule has 1 amide bonds. The van der Waals surface area contributed by atoms with Gasteiger partial charge in [0.05, 0.1) is 18.4 Å². The number of hydrogen-bond acceptors (Lipinski definition) is 6. The number of amides is 1. The minimum atomic E-state index is -0.0292. The van der Waals surface area contributed by atoms with Crippen molar-refractivity contribution in [2.24, 2.45) is 0 Å². The number of nitrogens with zero attached hydrogens (tertiary/aromatic N) is 4. The van der Waals surface area contributed by atoms with Crippen LogP contribution in [0.4, 0.5) is 0 Å². The minimum Gasteiger partial charge on any atom is -0.471 e. The van der Waals surface area contributed by atoms with Crippen molar-refractivity contribution in [2.45, 2.75) is 45.6 Å². The number of aryl methyl sites for hydroxylation is 2. The zero-order chi connectivity index (χ0) is 16.9. The molecule has 1 saturated heterocycles. The molecule has 0 radical (unpaired) electrons. The number of hydrogen-bond donors (Lipinski definition) is 0. The number of carbonyl (C=O) groups excluding carboxylic acids is 1. The van der Waals surface area contributed by atoms with Gasteiger partial charge in [0.15, 0.2) is 0 Å². The van der Waals surface area contributed by atoms with E-state index in [0.717, 1.165) is 36.4 Å². The Kier molecular flexibility index (Phi) is 5.08. The zero-order valence-corrected chi connectivity index (χ0v) is 14.1. The Hall–Kier alpha value is -2.44. The van der Waals surface area contributed by atoms with E-state index in [2.05, 4.69) is 15.1 Å². The smallest absolute Gasteiger partial charge is 0.232 e. The molecule has 0 spiro atoms. The summed E-state index contributed by atoms with van der Waals surface area (Å²) in [6.45, 7) is 5.16. The Morgan fingerprint density at radius 1 is 1.42 bits per heavy atom. The van der Waals surface area contributed by atoms with Crippen LogP contribution in [0, 0.1) is 13.8 Å². The van der Waals surface area contributed by atoms with Crippen LogP contribution in [0.5, 0.6) is 5.88 Å². The molecule has 0 bridgehead atoms. The maximum atomic E-state index is 12.5. The summed E-state index contributed by atoms with van der Waals surface area (Å²) in [6.07, 6.45) is 7.75. The van der Waals surface area contributed by atoms with Crippen molar-refractivity contribution in [1.29, 1.82) is 0 Å². The van der Waals surface area contributed by atoms with Crippen LogP contribution in [0.2, 0.25) is 0 Å². The van der Waals surface area contributed by atoms with E-state index in [1.165, 1.54) is 0 Å². The molecule has 2 aromatic heterocycles. The average molecular weight is 330 g/mol. The van der Waals surface area contributed by atoms with Crippen molar-refractivity contribution in [3.63, 3.8) is 0 Å². The lowest BCUT2D eigenvalue weighted by molar-refractivity contribution is -0.133. The van der Waals surface area contributed by atoms with E-state index in [1.807, 2.05) is 18.7 Å². The van der Waals surface area contributed by atoms with Crippen molar-refractivity contribution in [1.82, 2.24) is 20.0 Å². The van der Waals surface area contributed by atoms with Crippen molar-refractivity contribution < 1.29 is 14.1 Å². The molecule has 0 N–H and O–H groups in total. The maximum Gasteiger partial charge on any atom is 0.232 e. The first-order valence-corrected chi connectivity index (χ1v) is 8.25. The number of ether oxygens (including phenoxy) is 1. The van der Waals surface area contributed by atoms with Gasteiger partial charge in [0.1, 0.15) is 11.9 Å². The van der Waals surface area contributed by atoms with Crippen LogP contribution >= 0.6 is 0 Å². The molecular weight excluding hydrogens is 308 g/mol. The van der Waals surface area contributed by atoms with Gasteiger partial charge in [-0.3, -0.25) is 9.78 Å². The summed E-state index contributed by atoms with van der Waals surface area (Å²) in [5.41, 5.74) is 1.90. The third-order valence-corrected chi connectivity index (χ3v) is 4.33. The highest BCUT2D eigenvalue weighted by Crippen LogP contribution is 2.19. The van der Waals surface area contributed by atoms with Gasteiger partial charge >= 0.3 is 0 Å². The number of aromatic nitrogens is 3. The maximum absolute atomic E-state index is 12.5. The summed E-state index contributed by atoms with van der Waals surface area (Å²) in [5, 5.41) is 3.93. The third kappa shape index (κ3) is 3.90. The summed E-state index contributed by atoms with van der Waals surface area (Å²) in [5.74, 6) is 1.44. The van der Waals surface area contributed by atoms with Crippen molar-refractivity contribution >= 4 is 5.91 Å². The second-order valence-corrected chi connectivity index (χ2v) is 6.07. The molecule has 1 aliphatic heterocycles. The molecule has 1 fully saturated rings. The molecular formula is C17H22N4O3. The van der Waals surface area contributed by atoms with Crippen LogP contribution in [0.1, 0.15) is 36.3 Å². The summed E-state index contributed by atoms with van der Waals surface area (Å²) in [4.78, 5) is 22.5. The van der Waals surface area contributed by atoms with E-state index >= 15 is 0 Å². The highest BCUT2D eigenvalue weighted by Gasteiger charge is 2.25. The molecule has 0 aromatic carbocycles. The van der Waals surface area contributed by atoms with Crippen LogP contribution in [-0.2, 0) is 11.2 Å². The fourth-order valence-electron chi connectivity index (χ4n) is 3.03. The van der Waals surface area contributed by atoms with Gasteiger partial charge in [-0.15, -0.1) is 0 Å². The predicted octanol–water partition coefficient (Wildman–Crippen LogP) is 2.08. The van der Waals surface area contributed by atoms with E-state index in [0.29, 0.717) is 25.3 Å². The molecule has 0 unspecified atom stereocenters. The second-order valence-electron chi connectivity index (χ2n) is 6.07. The van der Waals surface area contributed by atoms with Gasteiger partial charge < -0.3 is 14.2 Å². The highest BCUT2D eigenvalue weighted by molar-refractivity contribution is 5.76. The molecule has 24 heavy (non-hydrogen) atoms. The molecule has 2 aromatic rings. The summed E-state index contributed by atoms with van der Waals surface area (Å²) >= 11 is 0. The first-order chi connectivity index (χ1) is 11.6. The lowest BCUT2D eigenvalue weighted by atomic mass is 10.1. The normalized spacial score (nSPS) is 17.8. The molecule has 1 atom stereocenters. The van der Waals surface area contributed by atoms with Gasteiger partial charge in [-0.1, -0.05) is 5.16 Å². The van der Waals surface area contributed by atoms with Crippen molar-refractivity contribution in [3.05, 3.63) is 35.6 Å². The van der Waals surface area contributed by atoms with E-state index in [-0.39, 0.29) is 12.0 Å². The molecule has 3 rings (SSSR count). The minimum absolute atomic E-state index is 0.0292. The van der Waals surface area contributed by atoms with Crippen LogP contribution in [0.3, 0.4) is 0 Å². The number of piperidine rings is 1. The highest BCUT2D eigenvalue weighted by atomic mass is 16.5. The van der Waals surface area contributed by atoms with E-state index in [4.69, 9.17) is 9.26 Å². The van der Waals surface area contributed by atoms with Gasteiger partial charge in [-0.25, -0.2) is 4.98 Å². The number of rotatable bonds is 5. The zero-order valence-electron chi connectivity index (χ0n) is 14.1. The molecule has 0 aliphatic carbocycles. The molecule has 1 aliphatic rings. The Labute approximate surface area is 141 Å². The lowest BCUT2D eigenvalue weighted by Gasteiger charge is -2.32. The Balaban J connectivity index is 1.53. The van der Waals surface area contributed by atoms with Crippen LogP contribution < -0.4 is 4.74 Å². The first-order valence-electron chi connectivity index (χ1n) is 8.25. The van der Waals surface area contributed by atoms with E-state index in [9.17, 15) is 4.79 Å². The van der Waals surface area contributed by atoms with Crippen LogP contribution in [0.25, 0.3) is 0 Å². The van der Waals surface area contributed by atoms with Gasteiger partial charge in [-0.05, 0) is 33.1 Å². The summed E-state index contributed by atoms with van der Waals surface area (Å²) in [6, 6.07) is 0. The Bertz CT molecular complexity index is 667. The molecule has 7 nitrogen and oxygen atoms in total. The molecule has 128 valence electrons. The van der Waals surface area contributed by atoms with E-state index in [1.54, 1.807) is 18.6 Å². The average Bonchev–Trinajstić information content (AvgIpc) is 2.92. The quantitative estimate of drug-likeness (QED) is 0.835. The second kappa shape index (κ2) is 7.42. The standard InChI is InChI=1S/C17H22N4O3/c1-12-15(13(2)24-20-12)5-6-17(22)21-9-3-4-14(11-21)23-16-10-18-7-8-19-16/h7-8,10,14H,3-6,9,11H2,1-2H3/t14-/m1/s1. The number of likely N-dealkylation sites (tertiary alicyclic amines) is 1. The SMILES string of the molecule is Cc1noc(C)c1CCC(=O)N1CCC[C@@H](Oc2cnccn2)C1. The predicted molar refractivity (Wildman–Crippen MR) is 86.6 cm³/mol. The van der Waals surface area contributed by atoms with Gasteiger partial charge in [0.25, 0.3) is 0 Å². The Morgan fingerprint density at radius 2 is 2.29 bits per heavy atom. The molecule has 7 heteroatoms. The van der Waals surface area contributed by atoms with Gasteiger partial charge in [-0.2, -0.15) is 0 Å². The first kappa shape index (κ1) is 16.4. The molecule has 0 saturated carbocycles. The van der Waals surface area contributed by atoms with Gasteiger partial charge in [0, 0.05) is 30.9 Å². The fraction of sp³-hybridized carbons (Fsp3) is 0.529. The summed E-state index contributed by atoms with van der Waals surface area (Å²) < 4.78 is 11.0. The van der Waals surface area contributed by atoms with Crippen molar-refractivity contribution in [2.75, 3.05) is 13.1 Å². The lowest BCUT2D eigenvalue weighted by Crippen LogP contribution is -2.44. The van der Waals surface area contributed by atoms with Crippen molar-refractivity contribution in [3.8, 4) is 5.88 Å². The topological polar surface area (TPSA) is 81.4 Å². The van der Waals surface area contributed by atoms with Crippen LogP contribution in [-0.4, -0.2) is 45.1 Å². The Morgan fingerprint density at radius 3 is 3.00 bits per heavy atom. The largest absolute Gasteiger partial charge is 0.471 e. The monoisotopic (exact) mass is 330 g/mol. The molecule has 3 heterocycles. The summed E-state index contributed by atoms with van der Waals surface area (Å²) in [7, 11) is 0. The van der Waals surface area contributed by atoms with Gasteiger partial charge in [0.2, 0.25) is 11.8 Å². The van der Waals surface area contributed by atoms with E-state index < -0.39 is 0 Å². The number of carbonyl (C=O) groups is 1. The third-order valence-electron chi connectivity index (χ3n) is 4.33.